The van der Waals surface area contributed by atoms with Crippen molar-refractivity contribution in [3.05, 3.63) is 41.8 Å². The van der Waals surface area contributed by atoms with Gasteiger partial charge < -0.3 is 20.5 Å². The summed E-state index contributed by atoms with van der Waals surface area (Å²) in [6.07, 6.45) is 3.07. The van der Waals surface area contributed by atoms with Crippen molar-refractivity contribution >= 4 is 11.9 Å². The van der Waals surface area contributed by atoms with Crippen molar-refractivity contribution in [1.82, 2.24) is 31.1 Å². The minimum Gasteiger partial charge on any atom is -0.350 e. The van der Waals surface area contributed by atoms with E-state index in [1.807, 2.05) is 13.8 Å². The van der Waals surface area contributed by atoms with E-state index >= 15 is 0 Å². The summed E-state index contributed by atoms with van der Waals surface area (Å²) in [6, 6.07) is 2.56. The number of rotatable bonds is 7. The average Bonchev–Trinajstić information content (AvgIpc) is 3.10. The summed E-state index contributed by atoms with van der Waals surface area (Å²) in [5, 5.41) is 11.9. The molecule has 0 aliphatic heterocycles. The molecule has 134 valence electrons. The minimum absolute atomic E-state index is 0.155. The molecule has 3 amide bonds. The van der Waals surface area contributed by atoms with Crippen molar-refractivity contribution in [2.24, 2.45) is 0 Å². The van der Waals surface area contributed by atoms with Crippen molar-refractivity contribution in [2.45, 2.75) is 32.7 Å². The highest BCUT2D eigenvalue weighted by atomic mass is 16.5. The number of nitrogens with zero attached hydrogens (tertiary/aromatic N) is 3. The molecule has 0 aromatic carbocycles. The van der Waals surface area contributed by atoms with Crippen molar-refractivity contribution in [2.75, 3.05) is 13.1 Å². The van der Waals surface area contributed by atoms with E-state index in [0.717, 1.165) is 0 Å². The maximum Gasteiger partial charge on any atom is 0.315 e. The maximum absolute atomic E-state index is 11.8. The van der Waals surface area contributed by atoms with Gasteiger partial charge in [-0.25, -0.2) is 4.79 Å². The predicted octanol–water partition coefficient (Wildman–Crippen LogP) is 1.38. The van der Waals surface area contributed by atoms with E-state index in [9.17, 15) is 9.59 Å². The van der Waals surface area contributed by atoms with Crippen LogP contribution in [0.25, 0.3) is 0 Å². The lowest BCUT2D eigenvalue weighted by molar-refractivity contribution is 0.0953. The van der Waals surface area contributed by atoms with Crippen molar-refractivity contribution in [3.63, 3.8) is 0 Å². The molecule has 0 spiro atoms. The highest BCUT2D eigenvalue weighted by Crippen LogP contribution is 2.14. The van der Waals surface area contributed by atoms with Crippen LogP contribution in [0.5, 0.6) is 0 Å². The molecule has 1 atom stereocenters. The predicted molar refractivity (Wildman–Crippen MR) is 89.9 cm³/mol. The first-order chi connectivity index (χ1) is 12.0. The molecule has 0 bridgehead atoms. The second-order valence-corrected chi connectivity index (χ2v) is 5.77. The highest BCUT2D eigenvalue weighted by Gasteiger charge is 2.17. The van der Waals surface area contributed by atoms with E-state index in [1.165, 1.54) is 6.20 Å². The summed E-state index contributed by atoms with van der Waals surface area (Å²) in [6.45, 7) is 6.25. The standard InChI is InChI=1S/C16H22N6O3/c1-10(2)13-21-15(25-22-13)11(3)20-16(24)19-8-7-18-14(23)12-5-4-6-17-9-12/h4-6,9-11H,7-8H2,1-3H3,(H,18,23)(H2,19,20,24)/t11-/m1/s1. The average molecular weight is 346 g/mol. The summed E-state index contributed by atoms with van der Waals surface area (Å²) in [7, 11) is 0. The zero-order valence-electron chi connectivity index (χ0n) is 14.4. The molecule has 0 aliphatic rings. The van der Waals surface area contributed by atoms with E-state index in [4.69, 9.17) is 4.52 Å². The van der Waals surface area contributed by atoms with E-state index < -0.39 is 6.04 Å². The van der Waals surface area contributed by atoms with Gasteiger partial charge in [-0.2, -0.15) is 4.98 Å². The van der Waals surface area contributed by atoms with E-state index in [-0.39, 0.29) is 24.4 Å². The summed E-state index contributed by atoms with van der Waals surface area (Å²) in [5.74, 6) is 0.864. The topological polar surface area (TPSA) is 122 Å². The molecule has 3 N–H and O–H groups in total. The molecular formula is C16H22N6O3. The van der Waals surface area contributed by atoms with Gasteiger partial charge in [0.05, 0.1) is 5.56 Å². The van der Waals surface area contributed by atoms with Crippen LogP contribution in [-0.2, 0) is 0 Å². The van der Waals surface area contributed by atoms with Crippen LogP contribution in [0.15, 0.2) is 29.0 Å². The van der Waals surface area contributed by atoms with Gasteiger partial charge in [0.25, 0.3) is 5.91 Å². The normalized spacial score (nSPS) is 11.8. The van der Waals surface area contributed by atoms with Gasteiger partial charge in [-0.3, -0.25) is 9.78 Å². The molecule has 2 aromatic heterocycles. The van der Waals surface area contributed by atoms with Gasteiger partial charge in [-0.15, -0.1) is 0 Å². The maximum atomic E-state index is 11.8. The summed E-state index contributed by atoms with van der Waals surface area (Å²) in [5.41, 5.74) is 0.470. The highest BCUT2D eigenvalue weighted by molar-refractivity contribution is 5.93. The molecule has 9 nitrogen and oxygen atoms in total. The lowest BCUT2D eigenvalue weighted by atomic mass is 10.2. The molecule has 0 unspecified atom stereocenters. The Labute approximate surface area is 145 Å². The molecule has 25 heavy (non-hydrogen) atoms. The number of nitrogens with one attached hydrogen (secondary N) is 3. The van der Waals surface area contributed by atoms with Crippen LogP contribution in [0, 0.1) is 0 Å². The first kappa shape index (κ1) is 18.4. The second-order valence-electron chi connectivity index (χ2n) is 5.77. The van der Waals surface area contributed by atoms with Gasteiger partial charge >= 0.3 is 6.03 Å². The van der Waals surface area contributed by atoms with Crippen molar-refractivity contribution < 1.29 is 14.1 Å². The van der Waals surface area contributed by atoms with E-state index in [0.29, 0.717) is 23.8 Å². The molecule has 9 heteroatoms. The molecule has 2 rings (SSSR count). The zero-order chi connectivity index (χ0) is 18.2. The quantitative estimate of drug-likeness (QED) is 0.651. The number of aromatic nitrogens is 3. The van der Waals surface area contributed by atoms with Gasteiger partial charge in [-0.1, -0.05) is 19.0 Å². The fourth-order valence-electron chi connectivity index (χ4n) is 1.92. The third-order valence-corrected chi connectivity index (χ3v) is 3.31. The fraction of sp³-hybridized carbons (Fsp3) is 0.438. The summed E-state index contributed by atoms with van der Waals surface area (Å²) >= 11 is 0. The molecular weight excluding hydrogens is 324 g/mol. The van der Waals surface area contributed by atoms with Crippen molar-refractivity contribution in [3.8, 4) is 0 Å². The molecule has 0 saturated heterocycles. The number of hydrogen-bond donors (Lipinski definition) is 3. The van der Waals surface area contributed by atoms with Crippen LogP contribution in [-0.4, -0.2) is 40.2 Å². The molecule has 2 heterocycles. The summed E-state index contributed by atoms with van der Waals surface area (Å²) in [4.78, 5) is 31.8. The van der Waals surface area contributed by atoms with Gasteiger partial charge in [-0.05, 0) is 19.1 Å². The van der Waals surface area contributed by atoms with Crippen LogP contribution in [0.2, 0.25) is 0 Å². The molecule has 0 aliphatic carbocycles. The van der Waals surface area contributed by atoms with E-state index in [1.54, 1.807) is 25.3 Å². The first-order valence-corrected chi connectivity index (χ1v) is 8.03. The van der Waals surface area contributed by atoms with Crippen LogP contribution in [0.4, 0.5) is 4.79 Å². The van der Waals surface area contributed by atoms with Crippen LogP contribution in [0.1, 0.15) is 54.8 Å². The zero-order valence-corrected chi connectivity index (χ0v) is 14.4. The lowest BCUT2D eigenvalue weighted by Crippen LogP contribution is -2.41. The van der Waals surface area contributed by atoms with Gasteiger partial charge in [0.1, 0.15) is 6.04 Å². The third kappa shape index (κ3) is 5.55. The molecule has 0 saturated carbocycles. The Kier molecular flexibility index (Phi) is 6.44. The van der Waals surface area contributed by atoms with Crippen molar-refractivity contribution in [1.29, 1.82) is 0 Å². The second kappa shape index (κ2) is 8.76. The number of carbonyl (C=O) groups is 2. The molecule has 0 fully saturated rings. The summed E-state index contributed by atoms with van der Waals surface area (Å²) < 4.78 is 5.13. The van der Waals surface area contributed by atoms with Gasteiger partial charge in [0, 0.05) is 31.4 Å². The van der Waals surface area contributed by atoms with Crippen LogP contribution in [0.3, 0.4) is 0 Å². The monoisotopic (exact) mass is 346 g/mol. The number of amides is 3. The Hall–Kier alpha value is -2.97. The van der Waals surface area contributed by atoms with Crippen LogP contribution >= 0.6 is 0 Å². The largest absolute Gasteiger partial charge is 0.350 e. The SMILES string of the molecule is CC(C)c1noc([C@@H](C)NC(=O)NCCNC(=O)c2cccnc2)n1. The fourth-order valence-corrected chi connectivity index (χ4v) is 1.92. The Morgan fingerprint density at radius 2 is 1.96 bits per heavy atom. The number of urea groups is 1. The Balaban J connectivity index is 1.69. The smallest absolute Gasteiger partial charge is 0.315 e. The number of hydrogen-bond acceptors (Lipinski definition) is 6. The Bertz CT molecular complexity index is 701. The van der Waals surface area contributed by atoms with E-state index in [2.05, 4.69) is 31.1 Å². The minimum atomic E-state index is -0.412. The van der Waals surface area contributed by atoms with Crippen LogP contribution < -0.4 is 16.0 Å². The number of carbonyl (C=O) groups excluding carboxylic acids is 2. The molecule has 0 radical (unpaired) electrons. The lowest BCUT2D eigenvalue weighted by Gasteiger charge is -2.11. The van der Waals surface area contributed by atoms with Gasteiger partial charge in [0.15, 0.2) is 5.82 Å². The molecule has 2 aromatic rings. The third-order valence-electron chi connectivity index (χ3n) is 3.31. The first-order valence-electron chi connectivity index (χ1n) is 8.03. The number of pyridine rings is 1. The van der Waals surface area contributed by atoms with Gasteiger partial charge in [0.2, 0.25) is 5.89 Å². The Morgan fingerprint density at radius 3 is 2.60 bits per heavy atom. The Morgan fingerprint density at radius 1 is 1.20 bits per heavy atom.